The summed E-state index contributed by atoms with van der Waals surface area (Å²) in [5.74, 6) is 0.877. The Kier molecular flexibility index (Phi) is 4.28. The molecule has 4 nitrogen and oxygen atoms in total. The van der Waals surface area contributed by atoms with Gasteiger partial charge in [-0.1, -0.05) is 12.1 Å². The molecule has 1 saturated heterocycles. The number of aliphatic hydroxyl groups excluding tert-OH is 1. The summed E-state index contributed by atoms with van der Waals surface area (Å²) in [6.07, 6.45) is 0. The van der Waals surface area contributed by atoms with Crippen molar-refractivity contribution in [1.82, 2.24) is 10.2 Å². The largest absolute Gasteiger partial charge is 0.392 e. The number of aliphatic hydroxyl groups is 1. The summed E-state index contributed by atoms with van der Waals surface area (Å²) in [4.78, 5) is 14.2. The van der Waals surface area contributed by atoms with E-state index < -0.39 is 0 Å². The van der Waals surface area contributed by atoms with Crippen LogP contribution in [0.2, 0.25) is 0 Å². The van der Waals surface area contributed by atoms with Crippen LogP contribution in [-0.4, -0.2) is 41.4 Å². The molecule has 0 unspecified atom stereocenters. The third-order valence-corrected chi connectivity index (χ3v) is 3.63. The average molecular weight is 252 g/mol. The van der Waals surface area contributed by atoms with Crippen LogP contribution >= 0.6 is 11.8 Å². The lowest BCUT2D eigenvalue weighted by atomic mass is 10.2. The van der Waals surface area contributed by atoms with E-state index in [9.17, 15) is 4.79 Å². The lowest BCUT2D eigenvalue weighted by Crippen LogP contribution is -2.30. The fourth-order valence-corrected chi connectivity index (χ4v) is 2.69. The minimum Gasteiger partial charge on any atom is -0.392 e. The number of rotatable bonds is 5. The summed E-state index contributed by atoms with van der Waals surface area (Å²) in [5.41, 5.74) is 0.925. The number of amides is 2. The molecule has 1 aliphatic rings. The van der Waals surface area contributed by atoms with E-state index in [1.54, 1.807) is 11.8 Å². The van der Waals surface area contributed by atoms with Crippen molar-refractivity contribution in [2.45, 2.75) is 11.5 Å². The zero-order valence-electron chi connectivity index (χ0n) is 9.56. The van der Waals surface area contributed by atoms with E-state index in [-0.39, 0.29) is 12.6 Å². The maximum absolute atomic E-state index is 11.3. The molecule has 0 atom stereocenters. The number of carbonyl (C=O) groups is 1. The van der Waals surface area contributed by atoms with Gasteiger partial charge in [0, 0.05) is 30.3 Å². The van der Waals surface area contributed by atoms with Gasteiger partial charge in [0.1, 0.15) is 0 Å². The van der Waals surface area contributed by atoms with Gasteiger partial charge in [0.2, 0.25) is 0 Å². The Balaban J connectivity index is 1.79. The molecule has 1 fully saturated rings. The summed E-state index contributed by atoms with van der Waals surface area (Å²) in [7, 11) is 0. The van der Waals surface area contributed by atoms with Gasteiger partial charge in [-0.05, 0) is 17.7 Å². The molecule has 0 radical (unpaired) electrons. The molecule has 1 aromatic rings. The number of thioether (sulfide) groups is 1. The average Bonchev–Trinajstić information content (AvgIpc) is 2.76. The first kappa shape index (κ1) is 12.3. The third-order valence-electron chi connectivity index (χ3n) is 2.66. The highest BCUT2D eigenvalue weighted by molar-refractivity contribution is 7.99. The second kappa shape index (κ2) is 5.93. The molecule has 92 valence electrons. The summed E-state index contributed by atoms with van der Waals surface area (Å²) < 4.78 is 0. The molecule has 1 aromatic carbocycles. The van der Waals surface area contributed by atoms with E-state index >= 15 is 0 Å². The van der Waals surface area contributed by atoms with Crippen molar-refractivity contribution in [3.8, 4) is 0 Å². The van der Waals surface area contributed by atoms with Gasteiger partial charge in [0.15, 0.2) is 0 Å². The second-order valence-corrected chi connectivity index (χ2v) is 5.04. The van der Waals surface area contributed by atoms with Gasteiger partial charge in [0.25, 0.3) is 0 Å². The van der Waals surface area contributed by atoms with Crippen molar-refractivity contribution in [3.63, 3.8) is 0 Å². The predicted octanol–water partition coefficient (Wildman–Crippen LogP) is 1.30. The zero-order chi connectivity index (χ0) is 12.1. The highest BCUT2D eigenvalue weighted by Gasteiger charge is 2.18. The summed E-state index contributed by atoms with van der Waals surface area (Å²) in [6.45, 7) is 2.39. The van der Waals surface area contributed by atoms with Crippen molar-refractivity contribution in [3.05, 3.63) is 29.8 Å². The van der Waals surface area contributed by atoms with Crippen LogP contribution in [0.25, 0.3) is 0 Å². The fourth-order valence-electron chi connectivity index (χ4n) is 1.73. The van der Waals surface area contributed by atoms with Crippen LogP contribution in [0.15, 0.2) is 29.2 Å². The van der Waals surface area contributed by atoms with Crippen molar-refractivity contribution >= 4 is 17.8 Å². The molecule has 2 N–H and O–H groups in total. The van der Waals surface area contributed by atoms with Crippen LogP contribution in [0.5, 0.6) is 0 Å². The van der Waals surface area contributed by atoms with E-state index in [4.69, 9.17) is 5.11 Å². The van der Waals surface area contributed by atoms with E-state index in [0.717, 1.165) is 35.8 Å². The normalized spacial score (nSPS) is 15.1. The van der Waals surface area contributed by atoms with Crippen LogP contribution in [0.1, 0.15) is 5.56 Å². The van der Waals surface area contributed by atoms with E-state index in [1.165, 1.54) is 0 Å². The van der Waals surface area contributed by atoms with Crippen LogP contribution in [0.3, 0.4) is 0 Å². The Hall–Kier alpha value is -1.20. The van der Waals surface area contributed by atoms with Crippen molar-refractivity contribution in [2.75, 3.05) is 25.4 Å². The molecule has 0 spiro atoms. The lowest BCUT2D eigenvalue weighted by molar-refractivity contribution is 0.220. The topological polar surface area (TPSA) is 52.6 Å². The number of urea groups is 1. The monoisotopic (exact) mass is 252 g/mol. The van der Waals surface area contributed by atoms with E-state index in [0.29, 0.717) is 0 Å². The molecule has 1 heterocycles. The Bertz CT molecular complexity index is 398. The molecular formula is C12H16N2O2S. The predicted molar refractivity (Wildman–Crippen MR) is 68.1 cm³/mol. The standard InChI is InChI=1S/C12H16N2O2S/c15-9-10-2-1-3-11(8-10)17-7-6-14-5-4-13-12(14)16/h1-3,8,15H,4-7,9H2,(H,13,16). The molecule has 17 heavy (non-hydrogen) atoms. The molecule has 1 aliphatic heterocycles. The highest BCUT2D eigenvalue weighted by atomic mass is 32.2. The molecule has 0 aromatic heterocycles. The van der Waals surface area contributed by atoms with Crippen LogP contribution in [0.4, 0.5) is 4.79 Å². The van der Waals surface area contributed by atoms with Gasteiger partial charge < -0.3 is 15.3 Å². The zero-order valence-corrected chi connectivity index (χ0v) is 10.4. The lowest BCUT2D eigenvalue weighted by Gasteiger charge is -2.13. The number of carbonyl (C=O) groups excluding carboxylic acids is 1. The number of benzene rings is 1. The Morgan fingerprint density at radius 1 is 1.47 bits per heavy atom. The molecule has 0 aliphatic carbocycles. The molecular weight excluding hydrogens is 236 g/mol. The van der Waals surface area contributed by atoms with Gasteiger partial charge in [0.05, 0.1) is 6.61 Å². The maximum atomic E-state index is 11.3. The molecule has 5 heteroatoms. The van der Waals surface area contributed by atoms with Crippen LogP contribution in [-0.2, 0) is 6.61 Å². The van der Waals surface area contributed by atoms with Gasteiger partial charge in [-0.3, -0.25) is 0 Å². The number of hydrogen-bond acceptors (Lipinski definition) is 3. The first-order valence-electron chi connectivity index (χ1n) is 5.65. The third kappa shape index (κ3) is 3.38. The fraction of sp³-hybridized carbons (Fsp3) is 0.417. The first-order valence-corrected chi connectivity index (χ1v) is 6.63. The highest BCUT2D eigenvalue weighted by Crippen LogP contribution is 2.19. The summed E-state index contributed by atoms with van der Waals surface area (Å²) in [5, 5.41) is 11.8. The van der Waals surface area contributed by atoms with Gasteiger partial charge in [-0.15, -0.1) is 11.8 Å². The summed E-state index contributed by atoms with van der Waals surface area (Å²) >= 11 is 1.71. The SMILES string of the molecule is O=C1NCCN1CCSc1cccc(CO)c1. The van der Waals surface area contributed by atoms with Crippen LogP contribution in [0, 0.1) is 0 Å². The Labute approximate surface area is 105 Å². The minimum absolute atomic E-state index is 0.0368. The smallest absolute Gasteiger partial charge is 0.317 e. The number of hydrogen-bond donors (Lipinski definition) is 2. The van der Waals surface area contributed by atoms with Gasteiger partial charge in [-0.25, -0.2) is 4.79 Å². The summed E-state index contributed by atoms with van der Waals surface area (Å²) in [6, 6.07) is 7.88. The molecule has 0 saturated carbocycles. The first-order chi connectivity index (χ1) is 8.29. The van der Waals surface area contributed by atoms with Gasteiger partial charge in [-0.2, -0.15) is 0 Å². The number of nitrogens with zero attached hydrogens (tertiary/aromatic N) is 1. The minimum atomic E-state index is 0.0368. The van der Waals surface area contributed by atoms with Crippen LogP contribution < -0.4 is 5.32 Å². The Morgan fingerprint density at radius 3 is 3.06 bits per heavy atom. The van der Waals surface area contributed by atoms with Crippen molar-refractivity contribution in [1.29, 1.82) is 0 Å². The van der Waals surface area contributed by atoms with E-state index in [2.05, 4.69) is 5.32 Å². The molecule has 2 rings (SSSR count). The van der Waals surface area contributed by atoms with Crippen molar-refractivity contribution < 1.29 is 9.90 Å². The van der Waals surface area contributed by atoms with Gasteiger partial charge >= 0.3 is 6.03 Å². The maximum Gasteiger partial charge on any atom is 0.317 e. The molecule has 0 bridgehead atoms. The Morgan fingerprint density at radius 2 is 2.35 bits per heavy atom. The number of nitrogens with one attached hydrogen (secondary N) is 1. The van der Waals surface area contributed by atoms with E-state index in [1.807, 2.05) is 29.2 Å². The second-order valence-electron chi connectivity index (χ2n) is 3.87. The quantitative estimate of drug-likeness (QED) is 0.777. The molecule has 2 amide bonds. The van der Waals surface area contributed by atoms with Crippen molar-refractivity contribution in [2.24, 2.45) is 0 Å².